The predicted molar refractivity (Wildman–Crippen MR) is 129 cm³/mol. The van der Waals surface area contributed by atoms with E-state index in [1.807, 2.05) is 47.9 Å². The molecule has 5 rings (SSSR count). The molecule has 8 nitrogen and oxygen atoms in total. The van der Waals surface area contributed by atoms with Gasteiger partial charge in [0.05, 0.1) is 32.2 Å². The summed E-state index contributed by atoms with van der Waals surface area (Å²) in [5.41, 5.74) is 5.76. The van der Waals surface area contributed by atoms with Crippen molar-refractivity contribution in [2.45, 2.75) is 57.5 Å². The number of benzene rings is 1. The summed E-state index contributed by atoms with van der Waals surface area (Å²) in [5, 5.41) is 9.48. The number of aromatic nitrogens is 4. The van der Waals surface area contributed by atoms with E-state index < -0.39 is 0 Å². The standard InChI is InChI=1S/C26H33N5O3/c1-29-23-11-7-10-19(23)22(28-29)16-31(17-8-5-6-9-17)26(32)24-15-21(27-30(24)2)20-14-18(33-3)12-13-25(20)34-4/h12-15,17H,5-11,16H2,1-4H3. The molecule has 1 amide bonds. The normalized spacial score (nSPS) is 15.5. The highest BCUT2D eigenvalue weighted by Crippen LogP contribution is 2.34. The Balaban J connectivity index is 1.49. The largest absolute Gasteiger partial charge is 0.497 e. The van der Waals surface area contributed by atoms with Crippen LogP contribution < -0.4 is 9.47 Å². The quantitative estimate of drug-likeness (QED) is 0.531. The van der Waals surface area contributed by atoms with Gasteiger partial charge in [0, 0.05) is 31.4 Å². The maximum Gasteiger partial charge on any atom is 0.272 e. The number of rotatable bonds is 7. The molecule has 180 valence electrons. The summed E-state index contributed by atoms with van der Waals surface area (Å²) in [6, 6.07) is 7.70. The maximum absolute atomic E-state index is 14.0. The van der Waals surface area contributed by atoms with Crippen molar-refractivity contribution in [3.8, 4) is 22.8 Å². The van der Waals surface area contributed by atoms with Gasteiger partial charge in [0.2, 0.25) is 0 Å². The monoisotopic (exact) mass is 463 g/mol. The molecular formula is C26H33N5O3. The summed E-state index contributed by atoms with van der Waals surface area (Å²) in [6.45, 7) is 0.551. The topological polar surface area (TPSA) is 74.4 Å². The van der Waals surface area contributed by atoms with Crippen molar-refractivity contribution in [1.82, 2.24) is 24.5 Å². The smallest absolute Gasteiger partial charge is 0.272 e. The minimum atomic E-state index is 0.00686. The summed E-state index contributed by atoms with van der Waals surface area (Å²) >= 11 is 0. The Morgan fingerprint density at radius 1 is 1.03 bits per heavy atom. The number of carbonyl (C=O) groups excluding carboxylic acids is 1. The molecule has 0 unspecified atom stereocenters. The zero-order chi connectivity index (χ0) is 23.8. The van der Waals surface area contributed by atoms with E-state index in [9.17, 15) is 4.79 Å². The fraction of sp³-hybridized carbons (Fsp3) is 0.500. The number of fused-ring (bicyclic) bond motifs is 1. The number of methoxy groups -OCH3 is 2. The van der Waals surface area contributed by atoms with E-state index in [-0.39, 0.29) is 11.9 Å². The van der Waals surface area contributed by atoms with Crippen LogP contribution in [-0.4, -0.2) is 50.6 Å². The van der Waals surface area contributed by atoms with Crippen LogP contribution in [0.2, 0.25) is 0 Å². The summed E-state index contributed by atoms with van der Waals surface area (Å²) in [5.74, 6) is 1.41. The van der Waals surface area contributed by atoms with E-state index >= 15 is 0 Å². The molecule has 2 heterocycles. The number of hydrogen-bond acceptors (Lipinski definition) is 5. The maximum atomic E-state index is 14.0. The van der Waals surface area contributed by atoms with Gasteiger partial charge in [0.25, 0.3) is 5.91 Å². The third-order valence-corrected chi connectivity index (χ3v) is 7.33. The summed E-state index contributed by atoms with van der Waals surface area (Å²) in [4.78, 5) is 16.0. The molecule has 0 aliphatic heterocycles. The van der Waals surface area contributed by atoms with Gasteiger partial charge in [0.1, 0.15) is 17.2 Å². The highest BCUT2D eigenvalue weighted by molar-refractivity contribution is 5.94. The van der Waals surface area contributed by atoms with Crippen molar-refractivity contribution in [2.75, 3.05) is 14.2 Å². The molecule has 2 aromatic heterocycles. The van der Waals surface area contributed by atoms with Gasteiger partial charge in [-0.2, -0.15) is 10.2 Å². The lowest BCUT2D eigenvalue weighted by Gasteiger charge is -2.28. The zero-order valence-electron chi connectivity index (χ0n) is 20.5. The summed E-state index contributed by atoms with van der Waals surface area (Å²) in [7, 11) is 7.11. The van der Waals surface area contributed by atoms with Gasteiger partial charge in [0.15, 0.2) is 0 Å². The lowest BCUT2D eigenvalue weighted by molar-refractivity contribution is 0.0649. The second-order valence-corrected chi connectivity index (χ2v) is 9.33. The first-order valence-electron chi connectivity index (χ1n) is 12.1. The zero-order valence-corrected chi connectivity index (χ0v) is 20.5. The van der Waals surface area contributed by atoms with Gasteiger partial charge in [-0.15, -0.1) is 0 Å². The average Bonchev–Trinajstić information content (AvgIpc) is 3.64. The van der Waals surface area contributed by atoms with Gasteiger partial charge in [-0.05, 0) is 61.9 Å². The lowest BCUT2D eigenvalue weighted by atomic mass is 10.1. The first kappa shape index (κ1) is 22.5. The van der Waals surface area contributed by atoms with Crippen LogP contribution in [0.3, 0.4) is 0 Å². The van der Waals surface area contributed by atoms with Crippen LogP contribution >= 0.6 is 0 Å². The molecule has 1 fully saturated rings. The molecule has 0 N–H and O–H groups in total. The van der Waals surface area contributed by atoms with Crippen molar-refractivity contribution in [2.24, 2.45) is 14.1 Å². The van der Waals surface area contributed by atoms with E-state index in [2.05, 4.69) is 5.10 Å². The Morgan fingerprint density at radius 3 is 2.56 bits per heavy atom. The first-order chi connectivity index (χ1) is 16.5. The van der Waals surface area contributed by atoms with E-state index in [0.29, 0.717) is 29.4 Å². The molecule has 0 atom stereocenters. The van der Waals surface area contributed by atoms with E-state index in [0.717, 1.165) is 49.8 Å². The molecule has 0 bridgehead atoms. The summed E-state index contributed by atoms with van der Waals surface area (Å²) in [6.07, 6.45) is 7.68. The van der Waals surface area contributed by atoms with Gasteiger partial charge in [-0.1, -0.05) is 12.8 Å². The molecule has 8 heteroatoms. The number of aryl methyl sites for hydroxylation is 2. The van der Waals surface area contributed by atoms with Crippen molar-refractivity contribution in [1.29, 1.82) is 0 Å². The number of amides is 1. The molecule has 0 radical (unpaired) electrons. The van der Waals surface area contributed by atoms with E-state index in [1.165, 1.54) is 17.7 Å². The molecule has 1 aromatic carbocycles. The van der Waals surface area contributed by atoms with Crippen LogP contribution in [0.15, 0.2) is 24.3 Å². The Morgan fingerprint density at radius 2 is 1.82 bits per heavy atom. The highest BCUT2D eigenvalue weighted by Gasteiger charge is 2.32. The molecule has 2 aliphatic rings. The number of ether oxygens (including phenoxy) is 2. The van der Waals surface area contributed by atoms with Crippen LogP contribution in [0, 0.1) is 0 Å². The third-order valence-electron chi connectivity index (χ3n) is 7.33. The van der Waals surface area contributed by atoms with Crippen molar-refractivity contribution in [3.05, 3.63) is 46.9 Å². The Kier molecular flexibility index (Phi) is 6.06. The lowest BCUT2D eigenvalue weighted by Crippen LogP contribution is -2.39. The Bertz CT molecular complexity index is 1210. The fourth-order valence-corrected chi connectivity index (χ4v) is 5.53. The first-order valence-corrected chi connectivity index (χ1v) is 12.1. The number of hydrogen-bond donors (Lipinski definition) is 0. The minimum Gasteiger partial charge on any atom is -0.497 e. The molecule has 3 aromatic rings. The van der Waals surface area contributed by atoms with Crippen LogP contribution in [0.25, 0.3) is 11.3 Å². The highest BCUT2D eigenvalue weighted by atomic mass is 16.5. The minimum absolute atomic E-state index is 0.00686. The van der Waals surface area contributed by atoms with E-state index in [1.54, 1.807) is 18.9 Å². The van der Waals surface area contributed by atoms with Crippen LogP contribution in [0.5, 0.6) is 11.5 Å². The van der Waals surface area contributed by atoms with Gasteiger partial charge >= 0.3 is 0 Å². The Hall–Kier alpha value is -3.29. The molecular weight excluding hydrogens is 430 g/mol. The van der Waals surface area contributed by atoms with Gasteiger partial charge in [-0.25, -0.2) is 0 Å². The van der Waals surface area contributed by atoms with E-state index in [4.69, 9.17) is 14.6 Å². The predicted octanol–water partition coefficient (Wildman–Crippen LogP) is 3.91. The molecule has 34 heavy (non-hydrogen) atoms. The van der Waals surface area contributed by atoms with Crippen molar-refractivity contribution < 1.29 is 14.3 Å². The number of carbonyl (C=O) groups is 1. The average molecular weight is 464 g/mol. The summed E-state index contributed by atoms with van der Waals surface area (Å²) < 4.78 is 14.6. The second-order valence-electron chi connectivity index (χ2n) is 9.33. The van der Waals surface area contributed by atoms with Crippen LogP contribution in [0.1, 0.15) is 59.5 Å². The van der Waals surface area contributed by atoms with Crippen LogP contribution in [0.4, 0.5) is 0 Å². The SMILES string of the molecule is COc1ccc(OC)c(-c2cc(C(=O)N(Cc3nn(C)c4c3CCC4)C3CCCC3)n(C)n2)c1. The second kappa shape index (κ2) is 9.16. The van der Waals surface area contributed by atoms with Gasteiger partial charge in [-0.3, -0.25) is 14.2 Å². The third kappa shape index (κ3) is 3.95. The number of nitrogens with zero attached hydrogens (tertiary/aromatic N) is 5. The van der Waals surface area contributed by atoms with Crippen LogP contribution in [-0.2, 0) is 33.5 Å². The van der Waals surface area contributed by atoms with Gasteiger partial charge < -0.3 is 14.4 Å². The van der Waals surface area contributed by atoms with Crippen molar-refractivity contribution in [3.63, 3.8) is 0 Å². The Labute approximate surface area is 200 Å². The molecule has 0 saturated heterocycles. The molecule has 2 aliphatic carbocycles. The van der Waals surface area contributed by atoms with Crippen molar-refractivity contribution >= 4 is 5.91 Å². The molecule has 0 spiro atoms. The fourth-order valence-electron chi connectivity index (χ4n) is 5.53. The molecule has 1 saturated carbocycles.